The molecule has 0 bridgehead atoms. The summed E-state index contributed by atoms with van der Waals surface area (Å²) >= 11 is 0. The molecule has 196 valence electrons. The number of piperidine rings is 1. The molecule has 2 heterocycles. The van der Waals surface area contributed by atoms with Crippen LogP contribution in [0, 0.1) is 11.8 Å². The van der Waals surface area contributed by atoms with Gasteiger partial charge in [0.15, 0.2) is 0 Å². The smallest absolute Gasteiger partial charge is 0.407 e. The summed E-state index contributed by atoms with van der Waals surface area (Å²) in [5.41, 5.74) is 5.53. The van der Waals surface area contributed by atoms with Gasteiger partial charge in [-0.25, -0.2) is 14.8 Å². The van der Waals surface area contributed by atoms with Crippen molar-refractivity contribution in [3.05, 3.63) is 17.6 Å². The van der Waals surface area contributed by atoms with Gasteiger partial charge in [-0.05, 0) is 18.8 Å². The SMILES string of the molecule is COCCCNc1nc(C(C)(C)C)ncc1C(=O)N(CC(C)C)C1CC(C(N)=O)CN(C(=O)O)C1. The van der Waals surface area contributed by atoms with Crippen molar-refractivity contribution >= 4 is 23.7 Å². The van der Waals surface area contributed by atoms with Crippen LogP contribution in [-0.2, 0) is 14.9 Å². The first-order valence-electron chi connectivity index (χ1n) is 12.0. The Morgan fingerprint density at radius 1 is 1.31 bits per heavy atom. The largest absolute Gasteiger partial charge is 0.465 e. The highest BCUT2D eigenvalue weighted by Crippen LogP contribution is 2.27. The number of nitrogens with two attached hydrogens (primary N) is 1. The van der Waals surface area contributed by atoms with Gasteiger partial charge < -0.3 is 30.7 Å². The molecule has 0 saturated carbocycles. The van der Waals surface area contributed by atoms with Gasteiger partial charge in [-0.1, -0.05) is 34.6 Å². The van der Waals surface area contributed by atoms with Crippen molar-refractivity contribution in [3.63, 3.8) is 0 Å². The number of aromatic nitrogens is 2. The maximum absolute atomic E-state index is 13.9. The summed E-state index contributed by atoms with van der Waals surface area (Å²) in [5.74, 6) is -0.415. The molecule has 1 aromatic rings. The molecule has 1 fully saturated rings. The van der Waals surface area contributed by atoms with E-state index in [1.54, 1.807) is 12.0 Å². The number of primary amides is 1. The Hall–Kier alpha value is -2.95. The molecule has 2 unspecified atom stereocenters. The van der Waals surface area contributed by atoms with Crippen LogP contribution in [0.25, 0.3) is 0 Å². The summed E-state index contributed by atoms with van der Waals surface area (Å²) in [6.07, 6.45) is 1.42. The molecule has 0 spiro atoms. The molecule has 1 aromatic heterocycles. The molecule has 1 aliphatic rings. The van der Waals surface area contributed by atoms with Crippen LogP contribution in [0.5, 0.6) is 0 Å². The molecule has 35 heavy (non-hydrogen) atoms. The molecule has 0 aromatic carbocycles. The lowest BCUT2D eigenvalue weighted by Crippen LogP contribution is -2.56. The summed E-state index contributed by atoms with van der Waals surface area (Å²) in [6, 6.07) is -0.504. The number of nitrogens with zero attached hydrogens (tertiary/aromatic N) is 4. The van der Waals surface area contributed by atoms with E-state index in [-0.39, 0.29) is 30.3 Å². The van der Waals surface area contributed by atoms with E-state index in [1.807, 2.05) is 34.6 Å². The minimum atomic E-state index is -1.14. The fourth-order valence-corrected chi connectivity index (χ4v) is 4.06. The van der Waals surface area contributed by atoms with Crippen molar-refractivity contribution in [3.8, 4) is 0 Å². The lowest BCUT2D eigenvalue weighted by Gasteiger charge is -2.41. The van der Waals surface area contributed by atoms with Crippen LogP contribution in [0.15, 0.2) is 6.20 Å². The van der Waals surface area contributed by atoms with Gasteiger partial charge in [0.25, 0.3) is 5.91 Å². The van der Waals surface area contributed by atoms with Gasteiger partial charge in [-0.3, -0.25) is 9.59 Å². The molecule has 3 amide bonds. The van der Waals surface area contributed by atoms with Crippen LogP contribution in [0.1, 0.15) is 63.6 Å². The molecule has 2 atom stereocenters. The Morgan fingerprint density at radius 2 is 2.00 bits per heavy atom. The number of carboxylic acid groups (broad SMARTS) is 1. The van der Waals surface area contributed by atoms with E-state index in [2.05, 4.69) is 15.3 Å². The zero-order valence-corrected chi connectivity index (χ0v) is 21.7. The second kappa shape index (κ2) is 12.1. The van der Waals surface area contributed by atoms with Crippen LogP contribution in [0.4, 0.5) is 10.6 Å². The monoisotopic (exact) mass is 492 g/mol. The third-order valence-corrected chi connectivity index (χ3v) is 5.87. The highest BCUT2D eigenvalue weighted by atomic mass is 16.5. The van der Waals surface area contributed by atoms with Crippen molar-refractivity contribution in [2.24, 2.45) is 17.6 Å². The van der Waals surface area contributed by atoms with Crippen molar-refractivity contribution in [2.45, 2.75) is 58.9 Å². The van der Waals surface area contributed by atoms with Crippen LogP contribution in [0.3, 0.4) is 0 Å². The van der Waals surface area contributed by atoms with E-state index >= 15 is 0 Å². The predicted molar refractivity (Wildman–Crippen MR) is 132 cm³/mol. The van der Waals surface area contributed by atoms with Crippen LogP contribution < -0.4 is 11.1 Å². The lowest BCUT2D eigenvalue weighted by molar-refractivity contribution is -0.124. The molecular formula is C24H40N6O5. The number of methoxy groups -OCH3 is 1. The number of nitrogens with one attached hydrogen (secondary N) is 1. The van der Waals surface area contributed by atoms with Crippen molar-refractivity contribution in [2.75, 3.05) is 45.2 Å². The lowest BCUT2D eigenvalue weighted by atomic mass is 9.92. The molecule has 0 radical (unpaired) electrons. The van der Waals surface area contributed by atoms with Crippen LogP contribution in [0.2, 0.25) is 0 Å². The van der Waals surface area contributed by atoms with E-state index in [0.717, 1.165) is 11.3 Å². The second-order valence-electron chi connectivity index (χ2n) is 10.5. The number of hydrogen-bond donors (Lipinski definition) is 3. The Balaban J connectivity index is 2.45. The van der Waals surface area contributed by atoms with E-state index in [4.69, 9.17) is 10.5 Å². The maximum atomic E-state index is 13.9. The summed E-state index contributed by atoms with van der Waals surface area (Å²) in [5, 5.41) is 12.8. The summed E-state index contributed by atoms with van der Waals surface area (Å²) in [4.78, 5) is 49.5. The molecule has 4 N–H and O–H groups in total. The van der Waals surface area contributed by atoms with Crippen molar-refractivity contribution in [1.29, 1.82) is 0 Å². The van der Waals surface area contributed by atoms with Gasteiger partial charge in [0.05, 0.1) is 12.0 Å². The first-order valence-corrected chi connectivity index (χ1v) is 12.0. The van der Waals surface area contributed by atoms with Gasteiger partial charge in [0, 0.05) is 51.5 Å². The Labute approximate surface area is 207 Å². The summed E-state index contributed by atoms with van der Waals surface area (Å²) < 4.78 is 5.12. The molecule has 11 heteroatoms. The predicted octanol–water partition coefficient (Wildman–Crippen LogP) is 2.17. The van der Waals surface area contributed by atoms with Gasteiger partial charge >= 0.3 is 6.09 Å². The van der Waals surface area contributed by atoms with E-state index in [0.29, 0.717) is 43.3 Å². The number of rotatable bonds is 10. The third kappa shape index (κ3) is 7.78. The fourth-order valence-electron chi connectivity index (χ4n) is 4.06. The molecule has 11 nitrogen and oxygen atoms in total. The number of likely N-dealkylation sites (tertiary alicyclic amines) is 1. The highest BCUT2D eigenvalue weighted by Gasteiger charge is 2.38. The van der Waals surface area contributed by atoms with E-state index < -0.39 is 24.0 Å². The number of carbonyl (C=O) groups excluding carboxylic acids is 2. The molecule has 1 saturated heterocycles. The van der Waals surface area contributed by atoms with Gasteiger partial charge in [0.2, 0.25) is 5.91 Å². The minimum absolute atomic E-state index is 0.0283. The van der Waals surface area contributed by atoms with Gasteiger partial charge in [-0.15, -0.1) is 0 Å². The molecule has 0 aliphatic carbocycles. The minimum Gasteiger partial charge on any atom is -0.465 e. The van der Waals surface area contributed by atoms with Crippen molar-refractivity contribution in [1.82, 2.24) is 19.8 Å². The Kier molecular flexibility index (Phi) is 9.82. The average molecular weight is 493 g/mol. The summed E-state index contributed by atoms with van der Waals surface area (Å²) in [6.45, 7) is 11.6. The zero-order valence-electron chi connectivity index (χ0n) is 21.7. The van der Waals surface area contributed by atoms with E-state index in [1.165, 1.54) is 6.20 Å². The number of anilines is 1. The first kappa shape index (κ1) is 28.3. The number of hydrogen-bond acceptors (Lipinski definition) is 7. The third-order valence-electron chi connectivity index (χ3n) is 5.87. The van der Waals surface area contributed by atoms with Gasteiger partial charge in [0.1, 0.15) is 17.2 Å². The van der Waals surface area contributed by atoms with Crippen LogP contribution in [-0.4, -0.2) is 88.7 Å². The molecular weight excluding hydrogens is 452 g/mol. The quantitative estimate of drug-likeness (QED) is 0.420. The number of carbonyl (C=O) groups is 3. The first-order chi connectivity index (χ1) is 16.3. The van der Waals surface area contributed by atoms with Gasteiger partial charge in [-0.2, -0.15) is 0 Å². The van der Waals surface area contributed by atoms with Crippen molar-refractivity contribution < 1.29 is 24.2 Å². The normalized spacial score (nSPS) is 18.4. The Morgan fingerprint density at radius 3 is 2.54 bits per heavy atom. The molecule has 1 aliphatic heterocycles. The molecule has 2 rings (SSSR count). The number of ether oxygens (including phenoxy) is 1. The second-order valence-corrected chi connectivity index (χ2v) is 10.5. The average Bonchev–Trinajstić information content (AvgIpc) is 2.78. The highest BCUT2D eigenvalue weighted by molar-refractivity contribution is 5.98. The van der Waals surface area contributed by atoms with E-state index in [9.17, 15) is 19.5 Å². The summed E-state index contributed by atoms with van der Waals surface area (Å²) in [7, 11) is 1.63. The fraction of sp³-hybridized carbons (Fsp3) is 0.708. The van der Waals surface area contributed by atoms with Crippen LogP contribution >= 0.6 is 0 Å². The Bertz CT molecular complexity index is 879. The number of amides is 3. The topological polar surface area (TPSA) is 151 Å². The zero-order chi connectivity index (χ0) is 26.3. The standard InChI is InChI=1S/C24H40N6O5/c1-15(2)12-30(17-10-16(19(25)31)13-29(14-17)23(33)34)21(32)18-11-27-22(24(3,4)5)28-20(18)26-8-7-9-35-6/h11,15-17H,7-10,12-14H2,1-6H3,(H2,25,31)(H,33,34)(H,26,27,28). The maximum Gasteiger partial charge on any atom is 0.407 e.